The van der Waals surface area contributed by atoms with Gasteiger partial charge < -0.3 is 0 Å². The third-order valence-electron chi connectivity index (χ3n) is 4.71. The van der Waals surface area contributed by atoms with Gasteiger partial charge in [0.1, 0.15) is 0 Å². The predicted molar refractivity (Wildman–Crippen MR) is 76.6 cm³/mol. The first-order valence-electron chi connectivity index (χ1n) is 7.03. The summed E-state index contributed by atoms with van der Waals surface area (Å²) in [5.41, 5.74) is 3.79. The van der Waals surface area contributed by atoms with Crippen LogP contribution < -0.4 is 10.4 Å². The van der Waals surface area contributed by atoms with E-state index in [0.29, 0.717) is 11.8 Å². The topological polar surface area (TPSA) is 17.1 Å². The molecule has 1 nitrogen and oxygen atoms in total. The number of fused-ring (bicyclic) bond motifs is 3. The maximum Gasteiger partial charge on any atom is 0.150 e. The fourth-order valence-electron chi connectivity index (χ4n) is 3.91. The van der Waals surface area contributed by atoms with E-state index in [1.54, 1.807) is 0 Å². The minimum atomic E-state index is 0.454. The van der Waals surface area contributed by atoms with Crippen LogP contribution in [0.25, 0.3) is 11.6 Å². The molecular formula is C18H16O. The average molecular weight is 248 g/mol. The maximum atomic E-state index is 11.6. The minimum Gasteiger partial charge on any atom is -0.298 e. The van der Waals surface area contributed by atoms with Crippen LogP contribution in [0.2, 0.25) is 0 Å². The Morgan fingerprint density at radius 1 is 1.16 bits per heavy atom. The molecule has 0 aliphatic heterocycles. The van der Waals surface area contributed by atoms with Gasteiger partial charge in [0.05, 0.1) is 0 Å². The maximum absolute atomic E-state index is 11.6. The summed E-state index contributed by atoms with van der Waals surface area (Å²) in [7, 11) is 0. The second-order valence-corrected chi connectivity index (χ2v) is 5.67. The molecule has 3 aliphatic rings. The van der Waals surface area contributed by atoms with Gasteiger partial charge in [0, 0.05) is 11.5 Å². The molecule has 3 aliphatic carbocycles. The molecule has 0 heterocycles. The highest BCUT2D eigenvalue weighted by atomic mass is 16.1. The molecule has 0 radical (unpaired) electrons. The summed E-state index contributed by atoms with van der Waals surface area (Å²) in [6.45, 7) is 0. The lowest BCUT2D eigenvalue weighted by molar-refractivity contribution is -0.103. The summed E-state index contributed by atoms with van der Waals surface area (Å²) in [5.74, 6) is 1.11. The van der Waals surface area contributed by atoms with Crippen molar-refractivity contribution in [3.8, 4) is 0 Å². The summed E-state index contributed by atoms with van der Waals surface area (Å²) in [6, 6.07) is 8.28. The predicted octanol–water partition coefficient (Wildman–Crippen LogP) is 2.11. The number of hydrogen-bond acceptors (Lipinski definition) is 1. The van der Waals surface area contributed by atoms with Crippen LogP contribution in [0, 0.1) is 11.8 Å². The number of carbonyl (C=O) groups is 1. The van der Waals surface area contributed by atoms with Crippen molar-refractivity contribution in [2.24, 2.45) is 11.8 Å². The van der Waals surface area contributed by atoms with E-state index in [4.69, 9.17) is 0 Å². The molecule has 0 spiro atoms. The minimum absolute atomic E-state index is 0.454. The van der Waals surface area contributed by atoms with Crippen LogP contribution in [0.15, 0.2) is 47.6 Å². The van der Waals surface area contributed by atoms with Crippen LogP contribution >= 0.6 is 0 Å². The Labute approximate surface area is 112 Å². The Bertz CT molecular complexity index is 733. The normalized spacial score (nSPS) is 27.5. The number of aldehydes is 1. The Balaban J connectivity index is 2.05. The molecule has 0 fully saturated rings. The molecule has 0 bridgehead atoms. The fraction of sp³-hybridized carbons (Fsp3) is 0.278. The number of rotatable bonds is 1. The quantitative estimate of drug-likeness (QED) is 0.549. The van der Waals surface area contributed by atoms with Crippen molar-refractivity contribution in [2.45, 2.75) is 19.3 Å². The molecule has 1 aromatic carbocycles. The van der Waals surface area contributed by atoms with Crippen LogP contribution in [0.5, 0.6) is 0 Å². The summed E-state index contributed by atoms with van der Waals surface area (Å²) in [4.78, 5) is 11.6. The lowest BCUT2D eigenvalue weighted by Gasteiger charge is -2.17. The molecule has 4 rings (SSSR count). The van der Waals surface area contributed by atoms with E-state index in [2.05, 4.69) is 36.4 Å². The fourth-order valence-corrected chi connectivity index (χ4v) is 3.91. The van der Waals surface area contributed by atoms with Gasteiger partial charge in [-0.1, -0.05) is 48.1 Å². The SMILES string of the molecule is O=CC1=c2ccccc2=CC2CC3CC=CCC3=C12. The third kappa shape index (κ3) is 1.51. The van der Waals surface area contributed by atoms with Gasteiger partial charge in [-0.15, -0.1) is 0 Å². The molecule has 1 aromatic rings. The Morgan fingerprint density at radius 3 is 2.95 bits per heavy atom. The zero-order chi connectivity index (χ0) is 12.8. The van der Waals surface area contributed by atoms with E-state index >= 15 is 0 Å². The van der Waals surface area contributed by atoms with Crippen LogP contribution in [0.4, 0.5) is 0 Å². The van der Waals surface area contributed by atoms with Crippen LogP contribution in [-0.4, -0.2) is 6.29 Å². The molecule has 0 saturated heterocycles. The molecule has 19 heavy (non-hydrogen) atoms. The molecule has 0 aromatic heterocycles. The first-order chi connectivity index (χ1) is 9.38. The summed E-state index contributed by atoms with van der Waals surface area (Å²) in [5, 5.41) is 2.34. The molecule has 2 atom stereocenters. The lowest BCUT2D eigenvalue weighted by atomic mass is 9.86. The van der Waals surface area contributed by atoms with Gasteiger partial charge in [0.15, 0.2) is 6.29 Å². The highest BCUT2D eigenvalue weighted by molar-refractivity contribution is 6.08. The van der Waals surface area contributed by atoms with Crippen molar-refractivity contribution in [1.29, 1.82) is 0 Å². The second kappa shape index (κ2) is 4.06. The van der Waals surface area contributed by atoms with E-state index < -0.39 is 0 Å². The van der Waals surface area contributed by atoms with Gasteiger partial charge in [-0.2, -0.15) is 0 Å². The molecule has 94 valence electrons. The van der Waals surface area contributed by atoms with Crippen molar-refractivity contribution < 1.29 is 4.79 Å². The number of allylic oxidation sites excluding steroid dienone is 4. The van der Waals surface area contributed by atoms with Gasteiger partial charge in [0.25, 0.3) is 0 Å². The third-order valence-corrected chi connectivity index (χ3v) is 4.71. The van der Waals surface area contributed by atoms with Crippen molar-refractivity contribution in [3.63, 3.8) is 0 Å². The van der Waals surface area contributed by atoms with Gasteiger partial charge in [-0.05, 0) is 41.2 Å². The summed E-state index contributed by atoms with van der Waals surface area (Å²) in [6.07, 6.45) is 11.3. The van der Waals surface area contributed by atoms with E-state index in [-0.39, 0.29) is 0 Å². The monoisotopic (exact) mass is 248 g/mol. The summed E-state index contributed by atoms with van der Waals surface area (Å²) >= 11 is 0. The van der Waals surface area contributed by atoms with E-state index in [1.165, 1.54) is 22.8 Å². The summed E-state index contributed by atoms with van der Waals surface area (Å²) < 4.78 is 0. The van der Waals surface area contributed by atoms with E-state index in [0.717, 1.165) is 29.9 Å². The van der Waals surface area contributed by atoms with Crippen molar-refractivity contribution in [1.82, 2.24) is 0 Å². The standard InChI is InChI=1S/C18H16O/c19-11-17-15-7-3-1-5-12(15)9-14-10-13-6-2-4-8-16(13)18(14)17/h1-5,7,9,11,13-14H,6,8,10H2. The molecule has 0 amide bonds. The molecular weight excluding hydrogens is 232 g/mol. The largest absolute Gasteiger partial charge is 0.298 e. The molecule has 0 N–H and O–H groups in total. The zero-order valence-electron chi connectivity index (χ0n) is 10.8. The van der Waals surface area contributed by atoms with E-state index in [9.17, 15) is 4.79 Å². The number of benzene rings is 1. The van der Waals surface area contributed by atoms with Crippen molar-refractivity contribution in [2.75, 3.05) is 0 Å². The van der Waals surface area contributed by atoms with Gasteiger partial charge in [0.2, 0.25) is 0 Å². The Morgan fingerprint density at radius 2 is 2.05 bits per heavy atom. The number of carbonyl (C=O) groups excluding carboxylic acids is 1. The molecule has 2 unspecified atom stereocenters. The van der Waals surface area contributed by atoms with Gasteiger partial charge in [-0.25, -0.2) is 0 Å². The average Bonchev–Trinajstić information content (AvgIpc) is 2.82. The smallest absolute Gasteiger partial charge is 0.150 e. The van der Waals surface area contributed by atoms with Gasteiger partial charge >= 0.3 is 0 Å². The number of hydrogen-bond donors (Lipinski definition) is 0. The van der Waals surface area contributed by atoms with Gasteiger partial charge in [-0.3, -0.25) is 4.79 Å². The van der Waals surface area contributed by atoms with Crippen molar-refractivity contribution in [3.05, 3.63) is 58.0 Å². The van der Waals surface area contributed by atoms with Crippen LogP contribution in [0.1, 0.15) is 19.3 Å². The highest BCUT2D eigenvalue weighted by Crippen LogP contribution is 2.46. The zero-order valence-corrected chi connectivity index (χ0v) is 10.8. The Hall–Kier alpha value is -1.89. The first kappa shape index (κ1) is 11.0. The molecule has 1 heteroatoms. The lowest BCUT2D eigenvalue weighted by Crippen LogP contribution is -2.32. The molecule has 0 saturated carbocycles. The highest BCUT2D eigenvalue weighted by Gasteiger charge is 2.35. The van der Waals surface area contributed by atoms with Crippen LogP contribution in [-0.2, 0) is 4.79 Å². The van der Waals surface area contributed by atoms with Crippen molar-refractivity contribution >= 4 is 17.9 Å². The van der Waals surface area contributed by atoms with E-state index in [1.807, 2.05) is 6.07 Å². The first-order valence-corrected chi connectivity index (χ1v) is 7.03. The second-order valence-electron chi connectivity index (χ2n) is 5.67. The Kier molecular flexibility index (Phi) is 2.34. The van der Waals surface area contributed by atoms with Crippen LogP contribution in [0.3, 0.4) is 0 Å².